The normalized spacial score (nSPS) is 13.3. The molecular weight excluding hydrogens is 276 g/mol. The molecule has 0 spiro atoms. The van der Waals surface area contributed by atoms with Crippen molar-refractivity contribution in [1.29, 1.82) is 0 Å². The summed E-state index contributed by atoms with van der Waals surface area (Å²) in [7, 11) is 0. The fourth-order valence-electron chi connectivity index (χ4n) is 1.33. The second-order valence-corrected chi connectivity index (χ2v) is 6.68. The lowest BCUT2D eigenvalue weighted by Gasteiger charge is -2.26. The predicted molar refractivity (Wildman–Crippen MR) is 77.7 cm³/mol. The van der Waals surface area contributed by atoms with Crippen LogP contribution in [0.4, 0.5) is 4.79 Å². The van der Waals surface area contributed by atoms with E-state index in [1.807, 2.05) is 0 Å². The Labute approximate surface area is 125 Å². The molecule has 0 aliphatic carbocycles. The summed E-state index contributed by atoms with van der Waals surface area (Å²) in [5, 5.41) is 2.35. The minimum absolute atomic E-state index is 0.213. The lowest BCUT2D eigenvalue weighted by molar-refractivity contribution is -0.158. The third kappa shape index (κ3) is 9.84. The zero-order valence-electron chi connectivity index (χ0n) is 13.6. The maximum Gasteiger partial charge on any atom is 0.408 e. The molecule has 3 N–H and O–H groups in total. The largest absolute Gasteiger partial charge is 0.458 e. The molecule has 0 aliphatic heterocycles. The molecule has 0 bridgehead atoms. The van der Waals surface area contributed by atoms with Crippen molar-refractivity contribution in [3.63, 3.8) is 0 Å². The highest BCUT2D eigenvalue weighted by Gasteiger charge is 2.30. The molecule has 0 aromatic rings. The first kappa shape index (κ1) is 19.4. The predicted octanol–water partition coefficient (Wildman–Crippen LogP) is 1.14. The maximum absolute atomic E-state index is 12.0. The molecule has 0 heterocycles. The second-order valence-electron chi connectivity index (χ2n) is 6.68. The van der Waals surface area contributed by atoms with Gasteiger partial charge < -0.3 is 20.5 Å². The number of esters is 1. The van der Waals surface area contributed by atoms with E-state index in [9.17, 15) is 14.4 Å². The Kier molecular flexibility index (Phi) is 6.82. The Bertz CT molecular complexity index is 393. The van der Waals surface area contributed by atoms with Gasteiger partial charge in [0, 0.05) is 6.42 Å². The summed E-state index contributed by atoms with van der Waals surface area (Å²) in [5.41, 5.74) is 3.80. The molecule has 0 fully saturated rings. The van der Waals surface area contributed by atoms with Crippen molar-refractivity contribution in [2.45, 2.75) is 65.2 Å². The van der Waals surface area contributed by atoms with Gasteiger partial charge in [-0.2, -0.15) is 0 Å². The van der Waals surface area contributed by atoms with Gasteiger partial charge in [0.15, 0.2) is 0 Å². The molecule has 7 heteroatoms. The van der Waals surface area contributed by atoms with E-state index in [-0.39, 0.29) is 18.7 Å². The van der Waals surface area contributed by atoms with E-state index in [0.717, 1.165) is 0 Å². The van der Waals surface area contributed by atoms with Crippen LogP contribution in [0.2, 0.25) is 0 Å². The average Bonchev–Trinajstić information content (AvgIpc) is 2.22. The number of ketones is 1. The number of amides is 1. The van der Waals surface area contributed by atoms with Gasteiger partial charge in [-0.3, -0.25) is 4.79 Å². The highest BCUT2D eigenvalue weighted by atomic mass is 16.6. The first-order chi connectivity index (χ1) is 9.34. The molecule has 0 radical (unpaired) electrons. The molecule has 1 atom stereocenters. The quantitative estimate of drug-likeness (QED) is 0.737. The maximum atomic E-state index is 12.0. The van der Waals surface area contributed by atoms with Crippen LogP contribution in [0, 0.1) is 0 Å². The molecule has 1 unspecified atom stereocenters. The number of Topliss-reactive ketones (excluding diaryl/α,β-unsaturated/α-hetero) is 1. The van der Waals surface area contributed by atoms with E-state index in [2.05, 4.69) is 5.32 Å². The van der Waals surface area contributed by atoms with Crippen molar-refractivity contribution in [2.24, 2.45) is 5.73 Å². The van der Waals surface area contributed by atoms with E-state index < -0.39 is 29.3 Å². The Morgan fingerprint density at radius 1 is 1.00 bits per heavy atom. The summed E-state index contributed by atoms with van der Waals surface area (Å²) in [5.74, 6) is -1.06. The third-order valence-electron chi connectivity index (χ3n) is 2.04. The van der Waals surface area contributed by atoms with Gasteiger partial charge in [0.05, 0.1) is 6.54 Å². The topological polar surface area (TPSA) is 108 Å². The average molecular weight is 302 g/mol. The number of hydrogen-bond donors (Lipinski definition) is 2. The van der Waals surface area contributed by atoms with Crippen LogP contribution in [-0.2, 0) is 19.1 Å². The van der Waals surface area contributed by atoms with Crippen molar-refractivity contribution in [2.75, 3.05) is 6.54 Å². The molecule has 0 aliphatic rings. The zero-order valence-corrected chi connectivity index (χ0v) is 13.6. The fraction of sp³-hybridized carbons (Fsp3) is 0.786. The van der Waals surface area contributed by atoms with Crippen molar-refractivity contribution in [3.05, 3.63) is 0 Å². The van der Waals surface area contributed by atoms with Crippen LogP contribution in [0.1, 0.15) is 48.0 Å². The second kappa shape index (κ2) is 7.40. The molecule has 0 rings (SSSR count). The number of nitrogens with two attached hydrogens (primary N) is 1. The highest BCUT2D eigenvalue weighted by molar-refractivity contribution is 5.89. The van der Waals surface area contributed by atoms with Gasteiger partial charge in [0.1, 0.15) is 23.0 Å². The van der Waals surface area contributed by atoms with E-state index in [1.165, 1.54) is 0 Å². The van der Waals surface area contributed by atoms with E-state index in [0.29, 0.717) is 0 Å². The molecule has 0 saturated carbocycles. The molecule has 21 heavy (non-hydrogen) atoms. The van der Waals surface area contributed by atoms with Gasteiger partial charge in [-0.25, -0.2) is 9.59 Å². The van der Waals surface area contributed by atoms with Crippen molar-refractivity contribution in [3.8, 4) is 0 Å². The first-order valence-electron chi connectivity index (χ1n) is 6.78. The van der Waals surface area contributed by atoms with Crippen LogP contribution >= 0.6 is 0 Å². The standard InChI is InChI=1S/C14H26N2O5/c1-13(2,3)20-11(18)10(7-9(17)8-15)16-12(19)21-14(4,5)6/h10H,7-8,15H2,1-6H3,(H,16,19). The molecule has 7 nitrogen and oxygen atoms in total. The summed E-state index contributed by atoms with van der Waals surface area (Å²) in [6.45, 7) is 9.95. The summed E-state index contributed by atoms with van der Waals surface area (Å²) in [6.07, 6.45) is -1.02. The van der Waals surface area contributed by atoms with Crippen molar-refractivity contribution < 1.29 is 23.9 Å². The zero-order chi connectivity index (χ0) is 16.8. The summed E-state index contributed by atoms with van der Waals surface area (Å²) in [6, 6.07) is -1.12. The number of carbonyl (C=O) groups excluding carboxylic acids is 3. The number of hydrogen-bond acceptors (Lipinski definition) is 6. The smallest absolute Gasteiger partial charge is 0.408 e. The number of rotatable bonds is 5. The van der Waals surface area contributed by atoms with E-state index >= 15 is 0 Å². The molecule has 1 amide bonds. The monoisotopic (exact) mass is 302 g/mol. The fourth-order valence-corrected chi connectivity index (χ4v) is 1.33. The van der Waals surface area contributed by atoms with Gasteiger partial charge in [0.25, 0.3) is 0 Å². The van der Waals surface area contributed by atoms with E-state index in [1.54, 1.807) is 41.5 Å². The number of nitrogens with one attached hydrogen (secondary N) is 1. The molecular formula is C14H26N2O5. The van der Waals surface area contributed by atoms with Crippen molar-refractivity contribution in [1.82, 2.24) is 5.32 Å². The van der Waals surface area contributed by atoms with Crippen LogP contribution < -0.4 is 11.1 Å². The van der Waals surface area contributed by atoms with Crippen LogP contribution in [0.15, 0.2) is 0 Å². The van der Waals surface area contributed by atoms with Gasteiger partial charge in [-0.15, -0.1) is 0 Å². The minimum atomic E-state index is -1.12. The third-order valence-corrected chi connectivity index (χ3v) is 2.04. The SMILES string of the molecule is CC(C)(C)OC(=O)NC(CC(=O)CN)C(=O)OC(C)(C)C. The van der Waals surface area contributed by atoms with Crippen LogP contribution in [0.25, 0.3) is 0 Å². The molecule has 122 valence electrons. The van der Waals surface area contributed by atoms with Crippen molar-refractivity contribution >= 4 is 17.8 Å². The molecule has 0 aromatic heterocycles. The Balaban J connectivity index is 4.86. The highest BCUT2D eigenvalue weighted by Crippen LogP contribution is 2.11. The lowest BCUT2D eigenvalue weighted by Crippen LogP contribution is -2.47. The van der Waals surface area contributed by atoms with Crippen LogP contribution in [0.3, 0.4) is 0 Å². The first-order valence-corrected chi connectivity index (χ1v) is 6.78. The minimum Gasteiger partial charge on any atom is -0.458 e. The van der Waals surface area contributed by atoms with Gasteiger partial charge in [-0.05, 0) is 41.5 Å². The Hall–Kier alpha value is -1.63. The van der Waals surface area contributed by atoms with Gasteiger partial charge >= 0.3 is 12.1 Å². The summed E-state index contributed by atoms with van der Waals surface area (Å²) >= 11 is 0. The van der Waals surface area contributed by atoms with Gasteiger partial charge in [-0.1, -0.05) is 0 Å². The molecule has 0 saturated heterocycles. The number of ether oxygens (including phenoxy) is 2. The Morgan fingerprint density at radius 2 is 1.48 bits per heavy atom. The van der Waals surface area contributed by atoms with E-state index in [4.69, 9.17) is 15.2 Å². The number of carbonyl (C=O) groups is 3. The molecule has 0 aromatic carbocycles. The van der Waals surface area contributed by atoms with Crippen LogP contribution in [-0.4, -0.2) is 41.6 Å². The lowest BCUT2D eigenvalue weighted by atomic mass is 10.1. The summed E-state index contributed by atoms with van der Waals surface area (Å²) in [4.78, 5) is 35.2. The number of alkyl carbamates (subject to hydrolysis) is 1. The van der Waals surface area contributed by atoms with Crippen LogP contribution in [0.5, 0.6) is 0 Å². The van der Waals surface area contributed by atoms with Gasteiger partial charge in [0.2, 0.25) is 0 Å². The Morgan fingerprint density at radius 3 is 1.86 bits per heavy atom. The summed E-state index contributed by atoms with van der Waals surface area (Å²) < 4.78 is 10.2.